The number of hydrogen-bond acceptors (Lipinski definition) is 3. The fourth-order valence-corrected chi connectivity index (χ4v) is 3.70. The molecule has 0 saturated heterocycles. The van der Waals surface area contributed by atoms with Gasteiger partial charge in [0.15, 0.2) is 11.8 Å². The maximum absolute atomic E-state index is 10.1. The molecule has 1 atom stereocenters. The average Bonchev–Trinajstić information content (AvgIpc) is 2.92. The molecule has 0 radical (unpaired) electrons. The molecule has 1 aliphatic rings. The second kappa shape index (κ2) is 5.73. The van der Waals surface area contributed by atoms with E-state index in [0.29, 0.717) is 0 Å². The Labute approximate surface area is 141 Å². The summed E-state index contributed by atoms with van der Waals surface area (Å²) in [6.07, 6.45) is 0. The van der Waals surface area contributed by atoms with E-state index < -0.39 is 0 Å². The molecule has 0 fully saturated rings. The summed E-state index contributed by atoms with van der Waals surface area (Å²) in [6.45, 7) is 1.84. The third kappa shape index (κ3) is 2.36. The third-order valence-corrected chi connectivity index (χ3v) is 4.76. The van der Waals surface area contributed by atoms with Crippen LogP contribution >= 0.6 is 0 Å². The van der Waals surface area contributed by atoms with E-state index in [9.17, 15) is 10.2 Å². The fraction of sp³-hybridized carbons (Fsp3) is 0.200. The average molecular weight is 320 g/mol. The van der Waals surface area contributed by atoms with Crippen molar-refractivity contribution in [3.8, 4) is 17.4 Å². The molecule has 1 aliphatic heterocycles. The van der Waals surface area contributed by atoms with E-state index >= 15 is 0 Å². The zero-order valence-corrected chi connectivity index (χ0v) is 13.6. The first-order valence-electron chi connectivity index (χ1n) is 8.10. The highest BCUT2D eigenvalue weighted by Gasteiger charge is 2.27. The Hall–Kier alpha value is -2.72. The van der Waals surface area contributed by atoms with Gasteiger partial charge in [0.2, 0.25) is 0 Å². The zero-order valence-electron chi connectivity index (χ0n) is 13.6. The summed E-state index contributed by atoms with van der Waals surface area (Å²) < 4.78 is 1.49. The number of rotatable bonds is 2. The van der Waals surface area contributed by atoms with Gasteiger partial charge in [-0.15, -0.1) is 0 Å². The Morgan fingerprint density at radius 2 is 1.46 bits per heavy atom. The number of aromatic hydroxyl groups is 2. The molecule has 1 unspecified atom stereocenters. The summed E-state index contributed by atoms with van der Waals surface area (Å²) in [5.74, 6) is 0.271. The largest absolute Gasteiger partial charge is 0.494 e. The van der Waals surface area contributed by atoms with Gasteiger partial charge >= 0.3 is 0 Å². The summed E-state index contributed by atoms with van der Waals surface area (Å²) in [5, 5.41) is 20.3. The minimum absolute atomic E-state index is 0.0393. The van der Waals surface area contributed by atoms with Gasteiger partial charge in [0.1, 0.15) is 0 Å². The van der Waals surface area contributed by atoms with Gasteiger partial charge in [-0.3, -0.25) is 4.57 Å². The first-order valence-corrected chi connectivity index (χ1v) is 8.10. The lowest BCUT2D eigenvalue weighted by atomic mass is 9.84. The highest BCUT2D eigenvalue weighted by atomic mass is 16.3. The van der Waals surface area contributed by atoms with Crippen LogP contribution in [-0.4, -0.2) is 33.3 Å². The van der Waals surface area contributed by atoms with Gasteiger partial charge in [-0.2, -0.15) is 0 Å². The standard InChI is InChI=1S/C20H20N2O2/c1-21-12-14-6-2-3-7-15(14)17(13-21)16-8-4-5-9-18(16)22-19(23)10-11-20(22)24/h2-11,17,23-24H,12-13H2,1H3. The van der Waals surface area contributed by atoms with E-state index in [1.54, 1.807) is 0 Å². The smallest absolute Gasteiger partial charge is 0.198 e. The van der Waals surface area contributed by atoms with Crippen molar-refractivity contribution >= 4 is 0 Å². The molecular weight excluding hydrogens is 300 g/mol. The molecule has 3 aromatic rings. The highest BCUT2D eigenvalue weighted by molar-refractivity contribution is 5.53. The Balaban J connectivity index is 1.90. The zero-order chi connectivity index (χ0) is 16.7. The topological polar surface area (TPSA) is 48.6 Å². The lowest BCUT2D eigenvalue weighted by Gasteiger charge is -2.33. The first kappa shape index (κ1) is 14.8. The van der Waals surface area contributed by atoms with E-state index in [1.165, 1.54) is 27.8 Å². The molecule has 4 nitrogen and oxygen atoms in total. The molecule has 0 aliphatic carbocycles. The number of likely N-dealkylation sites (N-methyl/N-ethyl adjacent to an activating group) is 1. The molecule has 0 bridgehead atoms. The van der Waals surface area contributed by atoms with Gasteiger partial charge in [0.05, 0.1) is 5.69 Å². The fourth-order valence-electron chi connectivity index (χ4n) is 3.70. The summed E-state index contributed by atoms with van der Waals surface area (Å²) in [5.41, 5.74) is 4.55. The van der Waals surface area contributed by atoms with Crippen LogP contribution < -0.4 is 0 Å². The summed E-state index contributed by atoms with van der Waals surface area (Å²) in [6, 6.07) is 19.5. The Morgan fingerprint density at radius 3 is 2.21 bits per heavy atom. The molecule has 122 valence electrons. The van der Waals surface area contributed by atoms with Crippen LogP contribution in [0.2, 0.25) is 0 Å². The summed E-state index contributed by atoms with van der Waals surface area (Å²) in [4.78, 5) is 2.30. The van der Waals surface area contributed by atoms with E-state index in [4.69, 9.17) is 0 Å². The lowest BCUT2D eigenvalue weighted by molar-refractivity contribution is 0.295. The second-order valence-corrected chi connectivity index (χ2v) is 6.39. The first-order chi connectivity index (χ1) is 11.6. The molecular formula is C20H20N2O2. The SMILES string of the molecule is CN1Cc2ccccc2C(c2ccccc2-n2c(O)ccc2O)C1. The van der Waals surface area contributed by atoms with Crippen molar-refractivity contribution in [2.45, 2.75) is 12.5 Å². The van der Waals surface area contributed by atoms with E-state index in [1.807, 2.05) is 18.2 Å². The summed E-state index contributed by atoms with van der Waals surface area (Å²) in [7, 11) is 2.12. The molecule has 4 rings (SSSR count). The highest BCUT2D eigenvalue weighted by Crippen LogP contribution is 2.38. The van der Waals surface area contributed by atoms with Crippen molar-refractivity contribution in [1.29, 1.82) is 0 Å². The quantitative estimate of drug-likeness (QED) is 0.760. The van der Waals surface area contributed by atoms with E-state index in [-0.39, 0.29) is 17.7 Å². The van der Waals surface area contributed by atoms with Crippen LogP contribution in [0.3, 0.4) is 0 Å². The maximum atomic E-state index is 10.1. The van der Waals surface area contributed by atoms with Crippen molar-refractivity contribution < 1.29 is 10.2 Å². The number of hydrogen-bond donors (Lipinski definition) is 2. The van der Waals surface area contributed by atoms with Crippen molar-refractivity contribution in [1.82, 2.24) is 9.47 Å². The number of para-hydroxylation sites is 1. The third-order valence-electron chi connectivity index (χ3n) is 4.76. The van der Waals surface area contributed by atoms with Crippen LogP contribution in [0.25, 0.3) is 5.69 Å². The van der Waals surface area contributed by atoms with Crippen LogP contribution in [0.5, 0.6) is 11.8 Å². The number of nitrogens with zero attached hydrogens (tertiary/aromatic N) is 2. The van der Waals surface area contributed by atoms with Crippen LogP contribution in [0.4, 0.5) is 0 Å². The molecule has 1 aromatic heterocycles. The van der Waals surface area contributed by atoms with Crippen molar-refractivity contribution in [3.05, 3.63) is 77.4 Å². The van der Waals surface area contributed by atoms with Gasteiger partial charge in [0.25, 0.3) is 0 Å². The summed E-state index contributed by atoms with van der Waals surface area (Å²) >= 11 is 0. The predicted molar refractivity (Wildman–Crippen MR) is 93.7 cm³/mol. The molecule has 24 heavy (non-hydrogen) atoms. The number of benzene rings is 2. The van der Waals surface area contributed by atoms with Crippen LogP contribution in [0.1, 0.15) is 22.6 Å². The molecule has 2 aromatic carbocycles. The maximum Gasteiger partial charge on any atom is 0.198 e. The van der Waals surface area contributed by atoms with Crippen LogP contribution in [0, 0.1) is 0 Å². The Kier molecular flexibility index (Phi) is 3.54. The Bertz CT molecular complexity index is 865. The van der Waals surface area contributed by atoms with E-state index in [2.05, 4.69) is 42.3 Å². The van der Waals surface area contributed by atoms with Crippen molar-refractivity contribution in [3.63, 3.8) is 0 Å². The van der Waals surface area contributed by atoms with Gasteiger partial charge < -0.3 is 15.1 Å². The number of aromatic nitrogens is 1. The van der Waals surface area contributed by atoms with Crippen molar-refractivity contribution in [2.75, 3.05) is 13.6 Å². The minimum atomic E-state index is 0.0393. The molecule has 2 heterocycles. The monoisotopic (exact) mass is 320 g/mol. The molecule has 0 spiro atoms. The van der Waals surface area contributed by atoms with Crippen molar-refractivity contribution in [2.24, 2.45) is 0 Å². The molecule has 2 N–H and O–H groups in total. The predicted octanol–water partition coefficient (Wildman–Crippen LogP) is 3.47. The van der Waals surface area contributed by atoms with Crippen LogP contribution in [0.15, 0.2) is 60.7 Å². The van der Waals surface area contributed by atoms with E-state index in [0.717, 1.165) is 24.3 Å². The van der Waals surface area contributed by atoms with Gasteiger partial charge in [0, 0.05) is 31.1 Å². The van der Waals surface area contributed by atoms with Gasteiger partial charge in [-0.05, 0) is 29.8 Å². The number of fused-ring (bicyclic) bond motifs is 1. The van der Waals surface area contributed by atoms with Gasteiger partial charge in [-0.1, -0.05) is 42.5 Å². The molecule has 0 saturated carbocycles. The lowest BCUT2D eigenvalue weighted by Crippen LogP contribution is -2.31. The second-order valence-electron chi connectivity index (χ2n) is 6.39. The normalized spacial score (nSPS) is 17.6. The molecule has 4 heteroatoms. The Morgan fingerprint density at radius 1 is 0.833 bits per heavy atom. The minimum Gasteiger partial charge on any atom is -0.494 e. The van der Waals surface area contributed by atoms with Crippen LogP contribution in [-0.2, 0) is 6.54 Å². The molecule has 0 amide bonds. The van der Waals surface area contributed by atoms with Gasteiger partial charge in [-0.25, -0.2) is 0 Å².